The average molecular weight is 381 g/mol. The Bertz CT molecular complexity index is 1110. The van der Waals surface area contributed by atoms with Crippen LogP contribution >= 0.6 is 0 Å². The van der Waals surface area contributed by atoms with Gasteiger partial charge in [0.15, 0.2) is 6.04 Å². The van der Waals surface area contributed by atoms with Crippen LogP contribution in [-0.4, -0.2) is 26.1 Å². The smallest absolute Gasteiger partial charge is 0.330 e. The number of aryl methyl sites for hydroxylation is 2. The summed E-state index contributed by atoms with van der Waals surface area (Å²) < 4.78 is 2.96. The van der Waals surface area contributed by atoms with Gasteiger partial charge in [-0.1, -0.05) is 30.3 Å². The Morgan fingerprint density at radius 3 is 2.29 bits per heavy atom. The van der Waals surface area contributed by atoms with Gasteiger partial charge in [0, 0.05) is 6.54 Å². The number of rotatable bonds is 6. The van der Waals surface area contributed by atoms with Crippen molar-refractivity contribution in [3.63, 3.8) is 0 Å². The van der Waals surface area contributed by atoms with E-state index >= 15 is 0 Å². The maximum atomic E-state index is 12.7. The van der Waals surface area contributed by atoms with Crippen LogP contribution in [0.2, 0.25) is 0 Å². The highest BCUT2D eigenvalue weighted by molar-refractivity contribution is 5.86. The van der Waals surface area contributed by atoms with Gasteiger partial charge in [-0.3, -0.25) is 13.9 Å². The summed E-state index contributed by atoms with van der Waals surface area (Å²) in [4.78, 5) is 37.1. The van der Waals surface area contributed by atoms with E-state index in [2.05, 4.69) is 5.32 Å². The first-order valence-electron chi connectivity index (χ1n) is 9.11. The van der Waals surface area contributed by atoms with Gasteiger partial charge in [0.1, 0.15) is 6.54 Å². The van der Waals surface area contributed by atoms with Crippen molar-refractivity contribution in [2.75, 3.05) is 0 Å². The number of carboxylic acid groups (broad SMARTS) is 1. The van der Waals surface area contributed by atoms with Crippen LogP contribution in [0.1, 0.15) is 29.7 Å². The van der Waals surface area contributed by atoms with Gasteiger partial charge in [-0.15, -0.1) is 0 Å². The normalized spacial score (nSPS) is 12.1. The zero-order valence-electron chi connectivity index (χ0n) is 16.1. The van der Waals surface area contributed by atoms with E-state index < -0.39 is 17.9 Å². The first-order valence-corrected chi connectivity index (χ1v) is 9.11. The number of carbonyl (C=O) groups is 2. The Morgan fingerprint density at radius 1 is 1.04 bits per heavy atom. The second-order valence-electron chi connectivity index (χ2n) is 6.73. The summed E-state index contributed by atoms with van der Waals surface area (Å²) in [6, 6.07) is 11.4. The molecule has 7 nitrogen and oxygen atoms in total. The standard InChI is InChI=1S/C21H23N3O4/c1-4-23-16-10-5-6-11-17(16)24(21(23)28)12-18(25)22-19(20(26)27)15-9-7-8-13(2)14(15)3/h5-11,19H,4,12H2,1-3H3,(H,22,25)(H,26,27). The molecule has 0 fully saturated rings. The first-order chi connectivity index (χ1) is 13.3. The Kier molecular flexibility index (Phi) is 5.35. The van der Waals surface area contributed by atoms with E-state index in [-0.39, 0.29) is 12.2 Å². The number of hydrogen-bond acceptors (Lipinski definition) is 3. The Hall–Kier alpha value is -3.35. The number of aromatic nitrogens is 2. The lowest BCUT2D eigenvalue weighted by atomic mass is 9.97. The fourth-order valence-corrected chi connectivity index (χ4v) is 3.44. The van der Waals surface area contributed by atoms with E-state index in [1.54, 1.807) is 28.8 Å². The van der Waals surface area contributed by atoms with Gasteiger partial charge in [0.25, 0.3) is 0 Å². The summed E-state index contributed by atoms with van der Waals surface area (Å²) in [6.45, 7) is 5.80. The molecular weight excluding hydrogens is 358 g/mol. The van der Waals surface area contributed by atoms with Crippen LogP contribution in [0.4, 0.5) is 0 Å². The van der Waals surface area contributed by atoms with E-state index in [0.29, 0.717) is 17.6 Å². The number of carboxylic acids is 1. The van der Waals surface area contributed by atoms with Crippen LogP contribution in [0, 0.1) is 13.8 Å². The molecule has 7 heteroatoms. The van der Waals surface area contributed by atoms with Crippen molar-refractivity contribution in [3.05, 3.63) is 69.6 Å². The molecule has 0 aliphatic carbocycles. The number of hydrogen-bond donors (Lipinski definition) is 2. The summed E-state index contributed by atoms with van der Waals surface area (Å²) in [5.41, 5.74) is 3.38. The minimum absolute atomic E-state index is 0.249. The summed E-state index contributed by atoms with van der Waals surface area (Å²) in [5.74, 6) is -1.68. The third-order valence-corrected chi connectivity index (χ3v) is 5.05. The lowest BCUT2D eigenvalue weighted by molar-refractivity contribution is -0.142. The number of carbonyl (C=O) groups excluding carboxylic acids is 1. The predicted molar refractivity (Wildman–Crippen MR) is 106 cm³/mol. The molecule has 0 spiro atoms. The SMILES string of the molecule is CCn1c(=O)n(CC(=O)NC(C(=O)O)c2cccc(C)c2C)c2ccccc21. The minimum atomic E-state index is -1.18. The molecule has 3 rings (SSSR count). The Balaban J connectivity index is 1.92. The number of nitrogens with one attached hydrogen (secondary N) is 1. The summed E-state index contributed by atoms with van der Waals surface area (Å²) in [6.07, 6.45) is 0. The van der Waals surface area contributed by atoms with Gasteiger partial charge in [-0.2, -0.15) is 0 Å². The fourth-order valence-electron chi connectivity index (χ4n) is 3.44. The van der Waals surface area contributed by atoms with Crippen molar-refractivity contribution >= 4 is 22.9 Å². The highest BCUT2D eigenvalue weighted by Gasteiger charge is 2.25. The van der Waals surface area contributed by atoms with E-state index in [1.165, 1.54) is 4.57 Å². The van der Waals surface area contributed by atoms with E-state index in [0.717, 1.165) is 16.6 Å². The van der Waals surface area contributed by atoms with Gasteiger partial charge < -0.3 is 10.4 Å². The summed E-state index contributed by atoms with van der Waals surface area (Å²) in [5, 5.41) is 12.2. The van der Waals surface area contributed by atoms with Crippen molar-refractivity contribution in [3.8, 4) is 0 Å². The van der Waals surface area contributed by atoms with E-state index in [4.69, 9.17) is 0 Å². The molecule has 1 unspecified atom stereocenters. The summed E-state index contributed by atoms with van der Waals surface area (Å²) in [7, 11) is 0. The molecule has 0 aliphatic rings. The average Bonchev–Trinajstić information content (AvgIpc) is 2.93. The Labute approximate surface area is 162 Å². The number of fused-ring (bicyclic) bond motifs is 1. The topological polar surface area (TPSA) is 93.3 Å². The quantitative estimate of drug-likeness (QED) is 0.686. The van der Waals surface area contributed by atoms with Gasteiger partial charge in [-0.05, 0) is 49.6 Å². The van der Waals surface area contributed by atoms with Crippen LogP contribution in [0.15, 0.2) is 47.3 Å². The van der Waals surface area contributed by atoms with Crippen molar-refractivity contribution < 1.29 is 14.7 Å². The van der Waals surface area contributed by atoms with Gasteiger partial charge in [0.2, 0.25) is 5.91 Å². The molecule has 2 aromatic carbocycles. The van der Waals surface area contributed by atoms with Gasteiger partial charge in [-0.25, -0.2) is 9.59 Å². The number of amides is 1. The largest absolute Gasteiger partial charge is 0.479 e. The maximum Gasteiger partial charge on any atom is 0.330 e. The molecule has 28 heavy (non-hydrogen) atoms. The number of para-hydroxylation sites is 2. The molecule has 0 saturated heterocycles. The molecule has 1 heterocycles. The zero-order valence-corrected chi connectivity index (χ0v) is 16.1. The second-order valence-corrected chi connectivity index (χ2v) is 6.73. The minimum Gasteiger partial charge on any atom is -0.479 e. The molecule has 0 bridgehead atoms. The van der Waals surface area contributed by atoms with Crippen LogP contribution in [0.5, 0.6) is 0 Å². The van der Waals surface area contributed by atoms with Crippen molar-refractivity contribution in [2.45, 2.75) is 39.9 Å². The van der Waals surface area contributed by atoms with Crippen molar-refractivity contribution in [1.82, 2.24) is 14.5 Å². The number of benzene rings is 2. The highest BCUT2D eigenvalue weighted by Crippen LogP contribution is 2.21. The molecule has 0 saturated carbocycles. The molecule has 0 aliphatic heterocycles. The van der Waals surface area contributed by atoms with Crippen LogP contribution in [0.25, 0.3) is 11.0 Å². The van der Waals surface area contributed by atoms with Crippen LogP contribution < -0.4 is 11.0 Å². The second kappa shape index (κ2) is 7.72. The molecule has 1 amide bonds. The lowest BCUT2D eigenvalue weighted by Gasteiger charge is -2.18. The van der Waals surface area contributed by atoms with E-state index in [1.807, 2.05) is 39.0 Å². The lowest BCUT2D eigenvalue weighted by Crippen LogP contribution is -2.38. The van der Waals surface area contributed by atoms with Crippen LogP contribution in [-0.2, 0) is 22.7 Å². The molecule has 1 aromatic heterocycles. The number of aliphatic carboxylic acids is 1. The number of nitrogens with zero attached hydrogens (tertiary/aromatic N) is 2. The molecule has 3 aromatic rings. The third kappa shape index (κ3) is 3.43. The zero-order chi connectivity index (χ0) is 20.4. The van der Waals surface area contributed by atoms with Gasteiger partial charge >= 0.3 is 11.7 Å². The van der Waals surface area contributed by atoms with Crippen molar-refractivity contribution in [2.24, 2.45) is 0 Å². The summed E-state index contributed by atoms with van der Waals surface area (Å²) >= 11 is 0. The molecule has 1 atom stereocenters. The van der Waals surface area contributed by atoms with Gasteiger partial charge in [0.05, 0.1) is 11.0 Å². The first kappa shape index (κ1) is 19.4. The highest BCUT2D eigenvalue weighted by atomic mass is 16.4. The predicted octanol–water partition coefficient (Wildman–Crippen LogP) is 2.38. The van der Waals surface area contributed by atoms with Crippen molar-refractivity contribution in [1.29, 1.82) is 0 Å². The molecule has 146 valence electrons. The number of imidazole rings is 1. The molecular formula is C21H23N3O4. The monoisotopic (exact) mass is 381 g/mol. The fraction of sp³-hybridized carbons (Fsp3) is 0.286. The molecule has 2 N–H and O–H groups in total. The Morgan fingerprint density at radius 2 is 1.68 bits per heavy atom. The van der Waals surface area contributed by atoms with Crippen LogP contribution in [0.3, 0.4) is 0 Å². The van der Waals surface area contributed by atoms with E-state index in [9.17, 15) is 19.5 Å². The molecule has 0 radical (unpaired) electrons. The maximum absolute atomic E-state index is 12.7. The third-order valence-electron chi connectivity index (χ3n) is 5.05.